The van der Waals surface area contributed by atoms with Gasteiger partial charge in [0.25, 0.3) is 5.91 Å². The van der Waals surface area contributed by atoms with E-state index in [1.165, 1.54) is 6.20 Å². The Morgan fingerprint density at radius 1 is 1.32 bits per heavy atom. The maximum atomic E-state index is 14.2. The summed E-state index contributed by atoms with van der Waals surface area (Å²) in [5.74, 6) is -4.32. The minimum atomic E-state index is -1.37. The van der Waals surface area contributed by atoms with Gasteiger partial charge in [0.1, 0.15) is 21.9 Å². The van der Waals surface area contributed by atoms with E-state index in [2.05, 4.69) is 15.4 Å². The number of methoxy groups -OCH3 is 1. The highest BCUT2D eigenvalue weighted by Crippen LogP contribution is 2.35. The lowest BCUT2D eigenvalue weighted by Gasteiger charge is -2.19. The summed E-state index contributed by atoms with van der Waals surface area (Å²) in [7, 11) is 3.28. The van der Waals surface area contributed by atoms with Gasteiger partial charge in [0.05, 0.1) is 35.9 Å². The second kappa shape index (κ2) is 9.70. The lowest BCUT2D eigenvalue weighted by molar-refractivity contribution is -0.0211. The van der Waals surface area contributed by atoms with Gasteiger partial charge in [-0.05, 0) is 18.9 Å². The Hall–Kier alpha value is -3.00. The fraction of sp³-hybridized carbons (Fsp3) is 0.381. The van der Waals surface area contributed by atoms with Crippen molar-refractivity contribution in [2.45, 2.75) is 31.1 Å². The minimum Gasteiger partial charge on any atom is -0.389 e. The van der Waals surface area contributed by atoms with Gasteiger partial charge in [-0.15, -0.1) is 0 Å². The Balaban J connectivity index is 1.58. The molecule has 3 aromatic rings. The standard InChI is InChI=1S/C21H23F3N6O3S/c1-30-18(14-4-3-12(25)15(32-2)8-33-14)13(7-27-30)28-20(31)17-19(26)34-21(29-17)10-5-9(22)6-11(23)16(10)24/h5-7,12,14-15H,3-4,8,25-26H2,1-2H3,(H,28,31)/t12-,14+,15+/m1/s1. The molecule has 3 heterocycles. The number of nitrogens with two attached hydrogens (primary N) is 2. The SMILES string of the molecule is CO[C@H]1CO[C@H](c2c(NC(=O)c3nc(-c4cc(F)cc(F)c4F)sc3N)cnn2C)CC[C@H]1N. The van der Waals surface area contributed by atoms with Gasteiger partial charge in [0, 0.05) is 26.3 Å². The number of ether oxygens (including phenoxy) is 2. The van der Waals surface area contributed by atoms with Gasteiger partial charge in [-0.1, -0.05) is 11.3 Å². The predicted molar refractivity (Wildman–Crippen MR) is 120 cm³/mol. The van der Waals surface area contributed by atoms with Gasteiger partial charge >= 0.3 is 0 Å². The number of thiazole rings is 1. The fourth-order valence-corrected chi connectivity index (χ4v) is 4.67. The average Bonchev–Trinajstić information content (AvgIpc) is 3.29. The van der Waals surface area contributed by atoms with E-state index in [1.54, 1.807) is 18.8 Å². The maximum Gasteiger partial charge on any atom is 0.277 e. The first kappa shape index (κ1) is 24.1. The van der Waals surface area contributed by atoms with Crippen LogP contribution in [0, 0.1) is 17.5 Å². The highest BCUT2D eigenvalue weighted by atomic mass is 32.1. The van der Waals surface area contributed by atoms with Crippen LogP contribution in [0.1, 0.15) is 35.1 Å². The van der Waals surface area contributed by atoms with Crippen LogP contribution in [0.3, 0.4) is 0 Å². The Kier molecular flexibility index (Phi) is 6.89. The topological polar surface area (TPSA) is 130 Å². The summed E-state index contributed by atoms with van der Waals surface area (Å²) in [6, 6.07) is 1.02. The van der Waals surface area contributed by atoms with Crippen LogP contribution in [-0.2, 0) is 16.5 Å². The molecular weight excluding hydrogens is 473 g/mol. The van der Waals surface area contributed by atoms with E-state index in [0.717, 1.165) is 17.4 Å². The van der Waals surface area contributed by atoms with E-state index in [0.29, 0.717) is 30.3 Å². The normalized spacial score (nSPS) is 20.8. The summed E-state index contributed by atoms with van der Waals surface area (Å²) >= 11 is 0.740. The van der Waals surface area contributed by atoms with Crippen LogP contribution in [0.2, 0.25) is 0 Å². The first-order valence-corrected chi connectivity index (χ1v) is 11.2. The Labute approximate surface area is 196 Å². The number of rotatable bonds is 5. The van der Waals surface area contributed by atoms with Crippen molar-refractivity contribution in [2.75, 3.05) is 24.8 Å². The lowest BCUT2D eigenvalue weighted by atomic mass is 10.0. The molecule has 0 radical (unpaired) electrons. The molecule has 3 atom stereocenters. The summed E-state index contributed by atoms with van der Waals surface area (Å²) in [4.78, 5) is 17.0. The molecule has 1 aromatic carbocycles. The molecule has 0 aliphatic carbocycles. The molecule has 1 amide bonds. The van der Waals surface area contributed by atoms with Gasteiger partial charge in [0.15, 0.2) is 17.3 Å². The Bertz CT molecular complexity index is 1220. The summed E-state index contributed by atoms with van der Waals surface area (Å²) in [5.41, 5.74) is 12.4. The number of anilines is 2. The van der Waals surface area contributed by atoms with Gasteiger partial charge in [-0.25, -0.2) is 18.2 Å². The molecule has 1 aliphatic heterocycles. The van der Waals surface area contributed by atoms with Gasteiger partial charge in [-0.3, -0.25) is 9.48 Å². The third-order valence-electron chi connectivity index (χ3n) is 5.63. The minimum absolute atomic E-state index is 0.0402. The molecule has 2 aromatic heterocycles. The van der Waals surface area contributed by atoms with Crippen LogP contribution in [0.4, 0.5) is 23.9 Å². The number of aromatic nitrogens is 3. The highest BCUT2D eigenvalue weighted by molar-refractivity contribution is 7.19. The number of carbonyl (C=O) groups is 1. The van der Waals surface area contributed by atoms with Crippen molar-refractivity contribution in [1.29, 1.82) is 0 Å². The number of halogens is 3. The number of benzene rings is 1. The largest absolute Gasteiger partial charge is 0.389 e. The molecule has 34 heavy (non-hydrogen) atoms. The lowest BCUT2D eigenvalue weighted by Crippen LogP contribution is -2.37. The summed E-state index contributed by atoms with van der Waals surface area (Å²) in [6.45, 7) is 0.277. The first-order chi connectivity index (χ1) is 16.2. The van der Waals surface area contributed by atoms with Crippen molar-refractivity contribution in [3.8, 4) is 10.6 Å². The summed E-state index contributed by atoms with van der Waals surface area (Å²) < 4.78 is 54.3. The molecule has 182 valence electrons. The number of amides is 1. The zero-order valence-electron chi connectivity index (χ0n) is 18.3. The van der Waals surface area contributed by atoms with Crippen LogP contribution in [-0.4, -0.2) is 46.5 Å². The Morgan fingerprint density at radius 2 is 2.09 bits per heavy atom. The smallest absolute Gasteiger partial charge is 0.277 e. The molecule has 0 unspecified atom stereocenters. The molecule has 5 N–H and O–H groups in total. The van der Waals surface area contributed by atoms with Crippen LogP contribution >= 0.6 is 11.3 Å². The zero-order valence-corrected chi connectivity index (χ0v) is 19.2. The average molecular weight is 497 g/mol. The van der Waals surface area contributed by atoms with Crippen molar-refractivity contribution in [3.63, 3.8) is 0 Å². The summed E-state index contributed by atoms with van der Waals surface area (Å²) in [5, 5.41) is 6.75. The number of hydrogen-bond acceptors (Lipinski definition) is 8. The van der Waals surface area contributed by atoms with Crippen molar-refractivity contribution in [3.05, 3.63) is 47.2 Å². The van der Waals surface area contributed by atoms with Gasteiger partial charge in [-0.2, -0.15) is 5.10 Å². The third kappa shape index (κ3) is 4.64. The molecule has 1 saturated heterocycles. The van der Waals surface area contributed by atoms with Crippen LogP contribution in [0.25, 0.3) is 10.6 Å². The van der Waals surface area contributed by atoms with Crippen LogP contribution < -0.4 is 16.8 Å². The van der Waals surface area contributed by atoms with Crippen LogP contribution in [0.5, 0.6) is 0 Å². The van der Waals surface area contributed by atoms with Crippen molar-refractivity contribution in [1.82, 2.24) is 14.8 Å². The maximum absolute atomic E-state index is 14.2. The van der Waals surface area contributed by atoms with Crippen molar-refractivity contribution in [2.24, 2.45) is 12.8 Å². The molecule has 0 saturated carbocycles. The van der Waals surface area contributed by atoms with E-state index in [9.17, 15) is 18.0 Å². The predicted octanol–water partition coefficient (Wildman–Crippen LogP) is 2.99. The molecule has 0 bridgehead atoms. The van der Waals surface area contributed by atoms with E-state index < -0.39 is 35.0 Å². The van der Waals surface area contributed by atoms with Crippen molar-refractivity contribution >= 4 is 27.9 Å². The molecule has 4 rings (SSSR count). The van der Waals surface area contributed by atoms with Gasteiger partial charge in [0.2, 0.25) is 0 Å². The monoisotopic (exact) mass is 496 g/mol. The second-order valence-electron chi connectivity index (χ2n) is 7.84. The number of nitrogen functional groups attached to an aromatic ring is 1. The molecule has 13 heteroatoms. The number of hydrogen-bond donors (Lipinski definition) is 3. The Morgan fingerprint density at radius 3 is 2.82 bits per heavy atom. The van der Waals surface area contributed by atoms with E-state index >= 15 is 0 Å². The van der Waals surface area contributed by atoms with Crippen molar-refractivity contribution < 1.29 is 27.4 Å². The second-order valence-corrected chi connectivity index (χ2v) is 8.87. The molecule has 1 aliphatic rings. The molecule has 0 spiro atoms. The fourth-order valence-electron chi connectivity index (χ4n) is 3.83. The number of aryl methyl sites for hydroxylation is 1. The number of nitrogens with zero attached hydrogens (tertiary/aromatic N) is 3. The van der Waals surface area contributed by atoms with Gasteiger partial charge < -0.3 is 26.3 Å². The number of nitrogens with one attached hydrogen (secondary N) is 1. The number of carbonyl (C=O) groups excluding carboxylic acids is 1. The highest BCUT2D eigenvalue weighted by Gasteiger charge is 2.30. The zero-order chi connectivity index (χ0) is 24.6. The van der Waals surface area contributed by atoms with E-state index in [-0.39, 0.29) is 34.5 Å². The van der Waals surface area contributed by atoms with E-state index in [4.69, 9.17) is 20.9 Å². The third-order valence-corrected chi connectivity index (χ3v) is 6.55. The quantitative estimate of drug-likeness (QED) is 0.463. The van der Waals surface area contributed by atoms with Crippen LogP contribution in [0.15, 0.2) is 18.3 Å². The molecule has 1 fully saturated rings. The molecule has 9 nitrogen and oxygen atoms in total. The first-order valence-electron chi connectivity index (χ1n) is 10.3. The summed E-state index contributed by atoms with van der Waals surface area (Å²) in [6.07, 6.45) is 2.02. The van der Waals surface area contributed by atoms with E-state index in [1.807, 2.05) is 0 Å². The molecular formula is C21H23F3N6O3S.